The van der Waals surface area contributed by atoms with Crippen LogP contribution in [-0.4, -0.2) is 114 Å². The second-order valence-corrected chi connectivity index (χ2v) is 9.93. The topological polar surface area (TPSA) is 206 Å². The Hall–Kier alpha value is -2.86. The average molecular weight is 657 g/mol. The molecule has 10 atom stereocenters. The van der Waals surface area contributed by atoms with E-state index in [2.05, 4.69) is 15.9 Å². The standard InChI is InChI=1S/C24H33BrO16/c1-9(27)33-8-16-18(34-10(2)28)20(36-12(4)30)22(38-14(6)32)24(40-16)41-17-15(7-26)39-23(25)21(37-13(5)31)19(17)35-11(3)29/h15-24,26H,7-8H2,1-6H3/t15?,16?,17-,18+,19?,20?,21?,22?,23-,24+/m1/s1. The van der Waals surface area contributed by atoms with Gasteiger partial charge < -0.3 is 47.7 Å². The predicted molar refractivity (Wildman–Crippen MR) is 133 cm³/mol. The Morgan fingerprint density at radius 2 is 1.02 bits per heavy atom. The van der Waals surface area contributed by atoms with E-state index in [9.17, 15) is 33.9 Å². The summed E-state index contributed by atoms with van der Waals surface area (Å²) in [7, 11) is 0. The molecule has 0 amide bonds. The summed E-state index contributed by atoms with van der Waals surface area (Å²) in [6.45, 7) is 5.26. The lowest BCUT2D eigenvalue weighted by Crippen LogP contribution is -2.66. The highest BCUT2D eigenvalue weighted by atomic mass is 79.9. The molecule has 0 aromatic carbocycles. The molecule has 16 nitrogen and oxygen atoms in total. The van der Waals surface area contributed by atoms with Crippen LogP contribution >= 0.6 is 15.9 Å². The molecule has 0 bridgehead atoms. The van der Waals surface area contributed by atoms with Crippen LogP contribution in [0.5, 0.6) is 0 Å². The highest BCUT2D eigenvalue weighted by Crippen LogP contribution is 2.36. The van der Waals surface area contributed by atoms with Gasteiger partial charge in [0.2, 0.25) is 0 Å². The largest absolute Gasteiger partial charge is 0.463 e. The number of aliphatic hydroxyl groups is 1. The molecule has 41 heavy (non-hydrogen) atoms. The average Bonchev–Trinajstić information content (AvgIpc) is 2.83. The Labute approximate surface area is 243 Å². The quantitative estimate of drug-likeness (QED) is 0.177. The molecule has 1 N–H and O–H groups in total. The number of carbonyl (C=O) groups is 6. The number of aliphatic hydroxyl groups excluding tert-OH is 1. The maximum atomic E-state index is 12.1. The fourth-order valence-electron chi connectivity index (χ4n) is 4.27. The highest BCUT2D eigenvalue weighted by molar-refractivity contribution is 9.09. The molecule has 232 valence electrons. The lowest BCUT2D eigenvalue weighted by molar-refractivity contribution is -0.341. The van der Waals surface area contributed by atoms with Crippen LogP contribution in [-0.2, 0) is 71.4 Å². The molecule has 2 fully saturated rings. The van der Waals surface area contributed by atoms with E-state index in [4.69, 9.17) is 42.6 Å². The van der Waals surface area contributed by atoms with Crippen LogP contribution in [0.15, 0.2) is 0 Å². The molecule has 2 aliphatic heterocycles. The lowest BCUT2D eigenvalue weighted by atomic mass is 9.96. The molecule has 2 saturated heterocycles. The molecule has 0 saturated carbocycles. The molecule has 2 rings (SSSR count). The molecular formula is C24H33BrO16. The zero-order chi connectivity index (χ0) is 31.0. The third kappa shape index (κ3) is 9.88. The van der Waals surface area contributed by atoms with E-state index < -0.39 is 109 Å². The summed E-state index contributed by atoms with van der Waals surface area (Å²) in [6.07, 6.45) is -13.0. The number of hydrogen-bond acceptors (Lipinski definition) is 16. The van der Waals surface area contributed by atoms with Gasteiger partial charge in [-0.25, -0.2) is 0 Å². The second-order valence-electron chi connectivity index (χ2n) is 9.02. The van der Waals surface area contributed by atoms with E-state index in [1.54, 1.807) is 0 Å². The number of halogens is 1. The minimum absolute atomic E-state index is 0.519. The molecular weight excluding hydrogens is 624 g/mol. The second kappa shape index (κ2) is 15.4. The van der Waals surface area contributed by atoms with Gasteiger partial charge in [-0.3, -0.25) is 28.8 Å². The van der Waals surface area contributed by atoms with Crippen LogP contribution in [0.25, 0.3) is 0 Å². The Balaban J connectivity index is 2.60. The normalized spacial score (nSPS) is 33.1. The molecule has 2 heterocycles. The van der Waals surface area contributed by atoms with Crippen LogP contribution < -0.4 is 0 Å². The maximum Gasteiger partial charge on any atom is 0.303 e. The van der Waals surface area contributed by atoms with E-state index >= 15 is 0 Å². The van der Waals surface area contributed by atoms with Crippen molar-refractivity contribution in [3.63, 3.8) is 0 Å². The Morgan fingerprint density at radius 3 is 1.49 bits per heavy atom. The SMILES string of the molecule is CC(=O)OCC1O[C@@H](O[C@@H]2C(CO)O[C@@H](Br)C(OC(C)=O)C2OC(C)=O)C(OC(C)=O)C(OC(C)=O)[C@H]1OC(C)=O. The maximum absolute atomic E-state index is 12.1. The number of rotatable bonds is 10. The Morgan fingerprint density at radius 1 is 0.585 bits per heavy atom. The summed E-state index contributed by atoms with van der Waals surface area (Å²) < 4.78 is 49.5. The van der Waals surface area contributed by atoms with Crippen molar-refractivity contribution in [2.24, 2.45) is 0 Å². The van der Waals surface area contributed by atoms with Gasteiger partial charge in [0, 0.05) is 41.5 Å². The fourth-order valence-corrected chi connectivity index (χ4v) is 4.96. The van der Waals surface area contributed by atoms with Crippen molar-refractivity contribution >= 4 is 51.7 Å². The van der Waals surface area contributed by atoms with Gasteiger partial charge in [0.15, 0.2) is 41.8 Å². The molecule has 17 heteroatoms. The minimum Gasteiger partial charge on any atom is -0.463 e. The first-order valence-electron chi connectivity index (χ1n) is 12.3. The van der Waals surface area contributed by atoms with Crippen molar-refractivity contribution < 1.29 is 76.5 Å². The summed E-state index contributed by atoms with van der Waals surface area (Å²) in [5.74, 6) is -4.84. The number of alkyl halides is 1. The van der Waals surface area contributed by atoms with Crippen molar-refractivity contribution in [1.29, 1.82) is 0 Å². The summed E-state index contributed by atoms with van der Waals surface area (Å²) in [4.78, 5) is 71.5. The first kappa shape index (κ1) is 34.3. The molecule has 0 aromatic heterocycles. The van der Waals surface area contributed by atoms with Crippen LogP contribution in [0.4, 0.5) is 0 Å². The lowest BCUT2D eigenvalue weighted by Gasteiger charge is -2.48. The smallest absolute Gasteiger partial charge is 0.303 e. The van der Waals surface area contributed by atoms with E-state index in [0.29, 0.717) is 0 Å². The zero-order valence-corrected chi connectivity index (χ0v) is 24.7. The van der Waals surface area contributed by atoms with Crippen LogP contribution in [0.1, 0.15) is 41.5 Å². The van der Waals surface area contributed by atoms with Gasteiger partial charge in [-0.05, 0) is 0 Å². The number of carbonyl (C=O) groups excluding carboxylic acids is 6. The van der Waals surface area contributed by atoms with Crippen molar-refractivity contribution in [3.05, 3.63) is 0 Å². The van der Waals surface area contributed by atoms with Gasteiger partial charge in [0.05, 0.1) is 6.61 Å². The van der Waals surface area contributed by atoms with Gasteiger partial charge in [-0.15, -0.1) is 0 Å². The van der Waals surface area contributed by atoms with Crippen LogP contribution in [0, 0.1) is 0 Å². The molecule has 0 spiro atoms. The number of esters is 6. The first-order chi connectivity index (χ1) is 19.1. The molecule has 0 radical (unpaired) electrons. The molecule has 2 aliphatic rings. The molecule has 0 aromatic rings. The van der Waals surface area contributed by atoms with Crippen molar-refractivity contribution in [2.75, 3.05) is 13.2 Å². The minimum atomic E-state index is -1.69. The van der Waals surface area contributed by atoms with E-state index in [-0.39, 0.29) is 0 Å². The van der Waals surface area contributed by atoms with Crippen molar-refractivity contribution in [1.82, 2.24) is 0 Å². The molecule has 6 unspecified atom stereocenters. The third-order valence-corrected chi connectivity index (χ3v) is 6.34. The summed E-state index contributed by atoms with van der Waals surface area (Å²) >= 11 is 3.19. The number of hydrogen-bond donors (Lipinski definition) is 1. The van der Waals surface area contributed by atoms with Crippen molar-refractivity contribution in [2.45, 2.75) is 102 Å². The zero-order valence-electron chi connectivity index (χ0n) is 23.1. The van der Waals surface area contributed by atoms with E-state index in [1.165, 1.54) is 0 Å². The van der Waals surface area contributed by atoms with E-state index in [0.717, 1.165) is 41.5 Å². The van der Waals surface area contributed by atoms with Gasteiger partial charge in [-0.1, -0.05) is 15.9 Å². The first-order valence-corrected chi connectivity index (χ1v) is 13.3. The van der Waals surface area contributed by atoms with Gasteiger partial charge >= 0.3 is 35.8 Å². The summed E-state index contributed by atoms with van der Waals surface area (Å²) in [5, 5.41) is 9.01. The molecule has 0 aliphatic carbocycles. The van der Waals surface area contributed by atoms with Crippen LogP contribution in [0.3, 0.4) is 0 Å². The summed E-state index contributed by atoms with van der Waals surface area (Å²) in [5.41, 5.74) is 0. The van der Waals surface area contributed by atoms with Gasteiger partial charge in [0.1, 0.15) is 24.9 Å². The predicted octanol–water partition coefficient (Wildman–Crippen LogP) is -0.570. The Bertz CT molecular complexity index is 987. The number of ether oxygens (including phenoxy) is 9. The third-order valence-electron chi connectivity index (χ3n) is 5.60. The van der Waals surface area contributed by atoms with Gasteiger partial charge in [-0.2, -0.15) is 0 Å². The van der Waals surface area contributed by atoms with Crippen molar-refractivity contribution in [3.8, 4) is 0 Å². The monoisotopic (exact) mass is 656 g/mol. The highest BCUT2D eigenvalue weighted by Gasteiger charge is 2.56. The fraction of sp³-hybridized carbons (Fsp3) is 0.750. The van der Waals surface area contributed by atoms with Crippen LogP contribution in [0.2, 0.25) is 0 Å². The Kier molecular flexibility index (Phi) is 12.9. The van der Waals surface area contributed by atoms with E-state index in [1.807, 2.05) is 0 Å². The van der Waals surface area contributed by atoms with Gasteiger partial charge in [0.25, 0.3) is 0 Å². The summed E-state index contributed by atoms with van der Waals surface area (Å²) in [6, 6.07) is 0.